The lowest BCUT2D eigenvalue weighted by Gasteiger charge is -2.24. The van der Waals surface area contributed by atoms with Crippen LogP contribution in [-0.2, 0) is 30.3 Å². The molecule has 0 saturated heterocycles. The zero-order valence-electron chi connectivity index (χ0n) is 18.0. The predicted molar refractivity (Wildman–Crippen MR) is 119 cm³/mol. The van der Waals surface area contributed by atoms with Crippen LogP contribution in [0.1, 0.15) is 36.8 Å². The first-order valence-corrected chi connectivity index (χ1v) is 10.5. The molecule has 0 bridgehead atoms. The quantitative estimate of drug-likeness (QED) is 0.620. The fourth-order valence-corrected chi connectivity index (χ4v) is 3.95. The summed E-state index contributed by atoms with van der Waals surface area (Å²) in [4.78, 5) is 42.8. The Hall–Kier alpha value is -3.87. The van der Waals surface area contributed by atoms with Crippen molar-refractivity contribution in [3.63, 3.8) is 0 Å². The number of hydrogen-bond donors (Lipinski definition) is 1. The van der Waals surface area contributed by atoms with Crippen molar-refractivity contribution in [3.8, 4) is 0 Å². The number of rotatable bonds is 5. The molecule has 1 atom stereocenters. The predicted octanol–water partition coefficient (Wildman–Crippen LogP) is 3.76. The highest BCUT2D eigenvalue weighted by molar-refractivity contribution is 6.18. The minimum atomic E-state index is -1.11. The highest BCUT2D eigenvalue weighted by Gasteiger charge is 2.32. The zero-order valence-corrected chi connectivity index (χ0v) is 18.0. The highest BCUT2D eigenvalue weighted by Crippen LogP contribution is 2.32. The third-order valence-corrected chi connectivity index (χ3v) is 5.36. The fourth-order valence-electron chi connectivity index (χ4n) is 3.95. The minimum absolute atomic E-state index is 0.208. The Bertz CT molecular complexity index is 1200. The van der Waals surface area contributed by atoms with Gasteiger partial charge in [-0.2, -0.15) is 0 Å². The van der Waals surface area contributed by atoms with E-state index in [1.807, 2.05) is 30.3 Å². The Morgan fingerprint density at radius 3 is 2.50 bits per heavy atom. The van der Waals surface area contributed by atoms with Crippen molar-refractivity contribution in [2.75, 3.05) is 13.2 Å². The normalized spacial score (nSPS) is 14.2. The van der Waals surface area contributed by atoms with Gasteiger partial charge in [0.05, 0.1) is 17.9 Å². The van der Waals surface area contributed by atoms with E-state index >= 15 is 0 Å². The van der Waals surface area contributed by atoms with Gasteiger partial charge in [0.15, 0.2) is 0 Å². The van der Waals surface area contributed by atoms with Gasteiger partial charge in [-0.25, -0.2) is 4.79 Å². The third-order valence-electron chi connectivity index (χ3n) is 5.36. The zero-order chi connectivity index (χ0) is 22.7. The summed E-state index contributed by atoms with van der Waals surface area (Å²) in [5, 5.41) is 0.992. The molecular weight excluding hydrogens is 408 g/mol. The summed E-state index contributed by atoms with van der Waals surface area (Å²) in [5.74, 6) is -1.51. The second-order valence-electron chi connectivity index (χ2n) is 7.47. The number of aromatic nitrogens is 1. The SMILES string of the molecule is CCOC(=O)C1=CN(C(=O)C(OC(C)=O)c2ccccc2)CCc2c1[nH]c1ccccc21. The molecule has 2 aromatic carbocycles. The largest absolute Gasteiger partial charge is 0.462 e. The van der Waals surface area contributed by atoms with Gasteiger partial charge < -0.3 is 19.4 Å². The molecule has 4 rings (SSSR count). The molecule has 0 aliphatic carbocycles. The molecular formula is C25H24N2O5. The van der Waals surface area contributed by atoms with Crippen LogP contribution in [0.2, 0.25) is 0 Å². The van der Waals surface area contributed by atoms with Crippen LogP contribution in [0.25, 0.3) is 16.5 Å². The second-order valence-corrected chi connectivity index (χ2v) is 7.47. The van der Waals surface area contributed by atoms with Crippen LogP contribution in [0.3, 0.4) is 0 Å². The van der Waals surface area contributed by atoms with E-state index < -0.39 is 23.9 Å². The molecule has 2 heterocycles. The first kappa shape index (κ1) is 21.4. The van der Waals surface area contributed by atoms with Gasteiger partial charge in [0.2, 0.25) is 6.10 Å². The number of nitrogens with one attached hydrogen (secondary N) is 1. The maximum absolute atomic E-state index is 13.5. The molecule has 1 amide bonds. The van der Waals surface area contributed by atoms with Gasteiger partial charge in [0, 0.05) is 36.1 Å². The molecule has 7 heteroatoms. The summed E-state index contributed by atoms with van der Waals surface area (Å²) in [7, 11) is 0. The van der Waals surface area contributed by atoms with Crippen LogP contribution in [0.15, 0.2) is 60.8 Å². The fraction of sp³-hybridized carbons (Fsp3) is 0.240. The van der Waals surface area contributed by atoms with Crippen molar-refractivity contribution in [1.82, 2.24) is 9.88 Å². The molecule has 164 valence electrons. The smallest absolute Gasteiger partial charge is 0.341 e. The van der Waals surface area contributed by atoms with E-state index in [-0.39, 0.29) is 12.2 Å². The molecule has 1 N–H and O–H groups in total. The number of nitrogens with zero attached hydrogens (tertiary/aromatic N) is 1. The molecule has 7 nitrogen and oxygen atoms in total. The summed E-state index contributed by atoms with van der Waals surface area (Å²) in [6.45, 7) is 3.53. The maximum Gasteiger partial charge on any atom is 0.341 e. The molecule has 32 heavy (non-hydrogen) atoms. The van der Waals surface area contributed by atoms with E-state index in [1.165, 1.54) is 18.0 Å². The van der Waals surface area contributed by atoms with Crippen molar-refractivity contribution in [2.24, 2.45) is 0 Å². The number of carbonyl (C=O) groups is 3. The number of benzene rings is 2. The van der Waals surface area contributed by atoms with Gasteiger partial charge in [0.1, 0.15) is 0 Å². The summed E-state index contributed by atoms with van der Waals surface area (Å²) in [5.41, 5.74) is 3.32. The van der Waals surface area contributed by atoms with Gasteiger partial charge in [-0.05, 0) is 25.0 Å². The number of aromatic amines is 1. The number of fused-ring (bicyclic) bond motifs is 3. The first-order valence-electron chi connectivity index (χ1n) is 10.5. The number of ether oxygens (including phenoxy) is 2. The lowest BCUT2D eigenvalue weighted by Crippen LogP contribution is -2.34. The summed E-state index contributed by atoms with van der Waals surface area (Å²) >= 11 is 0. The van der Waals surface area contributed by atoms with Crippen molar-refractivity contribution in [3.05, 3.63) is 77.6 Å². The Balaban J connectivity index is 1.77. The van der Waals surface area contributed by atoms with E-state index in [2.05, 4.69) is 4.98 Å². The number of H-pyrrole nitrogens is 1. The Labute approximate surface area is 185 Å². The summed E-state index contributed by atoms with van der Waals surface area (Å²) < 4.78 is 10.7. The molecule has 1 aliphatic heterocycles. The number of amides is 1. The average molecular weight is 432 g/mol. The Morgan fingerprint density at radius 2 is 1.78 bits per heavy atom. The molecule has 1 aliphatic rings. The molecule has 0 fully saturated rings. The topological polar surface area (TPSA) is 88.7 Å². The molecule has 3 aromatic rings. The number of para-hydroxylation sites is 1. The Morgan fingerprint density at radius 1 is 1.06 bits per heavy atom. The molecule has 1 unspecified atom stereocenters. The van der Waals surface area contributed by atoms with Gasteiger partial charge in [-0.15, -0.1) is 0 Å². The van der Waals surface area contributed by atoms with Crippen LogP contribution in [0, 0.1) is 0 Å². The van der Waals surface area contributed by atoms with Gasteiger partial charge >= 0.3 is 11.9 Å². The van der Waals surface area contributed by atoms with E-state index in [0.717, 1.165) is 16.5 Å². The number of esters is 2. The van der Waals surface area contributed by atoms with Crippen LogP contribution < -0.4 is 0 Å². The first-order chi connectivity index (χ1) is 15.5. The van der Waals surface area contributed by atoms with E-state index in [9.17, 15) is 14.4 Å². The molecule has 0 saturated carbocycles. The van der Waals surface area contributed by atoms with Gasteiger partial charge in [-0.1, -0.05) is 48.5 Å². The number of hydrogen-bond acceptors (Lipinski definition) is 5. The van der Waals surface area contributed by atoms with E-state index in [1.54, 1.807) is 31.2 Å². The van der Waals surface area contributed by atoms with Crippen molar-refractivity contribution >= 4 is 34.3 Å². The second kappa shape index (κ2) is 9.09. The van der Waals surface area contributed by atoms with E-state index in [0.29, 0.717) is 24.2 Å². The van der Waals surface area contributed by atoms with Crippen LogP contribution >= 0.6 is 0 Å². The Kier molecular flexibility index (Phi) is 6.07. The van der Waals surface area contributed by atoms with Gasteiger partial charge in [0.25, 0.3) is 5.91 Å². The maximum atomic E-state index is 13.5. The van der Waals surface area contributed by atoms with Crippen LogP contribution in [0.4, 0.5) is 0 Å². The summed E-state index contributed by atoms with van der Waals surface area (Å²) in [6.07, 6.45) is 0.911. The number of carbonyl (C=O) groups excluding carboxylic acids is 3. The van der Waals surface area contributed by atoms with Crippen molar-refractivity contribution in [1.29, 1.82) is 0 Å². The molecule has 0 spiro atoms. The molecule has 0 radical (unpaired) electrons. The van der Waals surface area contributed by atoms with Crippen LogP contribution in [0.5, 0.6) is 0 Å². The van der Waals surface area contributed by atoms with E-state index in [4.69, 9.17) is 9.47 Å². The standard InChI is InChI=1S/C25H24N2O5/c1-3-31-25(30)20-15-27(14-13-19-18-11-7-8-12-21(18)26-22(19)20)24(29)23(32-16(2)28)17-9-5-4-6-10-17/h4-12,15,23,26H,3,13-14H2,1-2H3. The average Bonchev–Trinajstić information content (AvgIpc) is 3.05. The van der Waals surface area contributed by atoms with Crippen molar-refractivity contribution < 1.29 is 23.9 Å². The van der Waals surface area contributed by atoms with Crippen LogP contribution in [-0.4, -0.2) is 40.9 Å². The molecule has 1 aromatic heterocycles. The monoisotopic (exact) mass is 432 g/mol. The third kappa shape index (κ3) is 4.14. The van der Waals surface area contributed by atoms with Crippen molar-refractivity contribution in [2.45, 2.75) is 26.4 Å². The lowest BCUT2D eigenvalue weighted by molar-refractivity contribution is -0.157. The highest BCUT2D eigenvalue weighted by atomic mass is 16.5. The van der Waals surface area contributed by atoms with Gasteiger partial charge in [-0.3, -0.25) is 9.59 Å². The minimum Gasteiger partial charge on any atom is -0.462 e. The lowest BCUT2D eigenvalue weighted by atomic mass is 10.0. The summed E-state index contributed by atoms with van der Waals surface area (Å²) in [6, 6.07) is 16.6.